The lowest BCUT2D eigenvalue weighted by Gasteiger charge is -2.24. The minimum absolute atomic E-state index is 0.0759. The molecule has 0 aliphatic heterocycles. The van der Waals surface area contributed by atoms with Crippen LogP contribution in [-0.2, 0) is 9.59 Å². The predicted octanol–water partition coefficient (Wildman–Crippen LogP) is -0.792. The number of amides is 1. The predicted molar refractivity (Wildman–Crippen MR) is 56.5 cm³/mol. The van der Waals surface area contributed by atoms with Crippen molar-refractivity contribution in [3.8, 4) is 5.75 Å². The third-order valence-electron chi connectivity index (χ3n) is 2.47. The molecule has 1 aromatic heterocycles. The van der Waals surface area contributed by atoms with Crippen molar-refractivity contribution in [2.24, 2.45) is 5.73 Å². The van der Waals surface area contributed by atoms with E-state index in [1.807, 2.05) is 0 Å². The van der Waals surface area contributed by atoms with E-state index in [1.54, 1.807) is 0 Å². The van der Waals surface area contributed by atoms with Gasteiger partial charge in [-0.25, -0.2) is 4.98 Å². The van der Waals surface area contributed by atoms with Crippen LogP contribution in [0.15, 0.2) is 12.3 Å². The molecule has 1 aromatic rings. The number of carbonyl (C=O) groups is 3. The van der Waals surface area contributed by atoms with Crippen LogP contribution in [0.25, 0.3) is 0 Å². The molecule has 17 heavy (non-hydrogen) atoms. The van der Waals surface area contributed by atoms with Crippen LogP contribution in [0.3, 0.4) is 0 Å². The Morgan fingerprint density at radius 2 is 2.24 bits per heavy atom. The van der Waals surface area contributed by atoms with Gasteiger partial charge in [0.2, 0.25) is 11.6 Å². The zero-order valence-electron chi connectivity index (χ0n) is 8.64. The van der Waals surface area contributed by atoms with Gasteiger partial charge in [0.25, 0.3) is 5.91 Å². The van der Waals surface area contributed by atoms with Gasteiger partial charge < -0.3 is 16.2 Å². The van der Waals surface area contributed by atoms with Crippen molar-refractivity contribution in [1.82, 2.24) is 4.98 Å². The molecule has 1 saturated carbocycles. The summed E-state index contributed by atoms with van der Waals surface area (Å²) in [6, 6.07) is 0.731. The molecule has 0 bridgehead atoms. The van der Waals surface area contributed by atoms with Crippen molar-refractivity contribution in [3.05, 3.63) is 18.0 Å². The second-order valence-corrected chi connectivity index (χ2v) is 3.61. The molecule has 1 atom stereocenters. The average Bonchev–Trinajstić information content (AvgIpc) is 2.30. The number of aromatic nitrogens is 1. The van der Waals surface area contributed by atoms with E-state index in [4.69, 9.17) is 5.73 Å². The van der Waals surface area contributed by atoms with Gasteiger partial charge in [0.05, 0.1) is 5.69 Å². The molecule has 7 heteroatoms. The standard InChI is InChI=1S/C10H9N3O4/c11-10(17)7-9(16)4(1-2-12-7)13-5-3-6(14)8(5)15/h1-2,5,16H,3H2,(H2,11,17)(H,12,13). The molecule has 88 valence electrons. The van der Waals surface area contributed by atoms with E-state index in [9.17, 15) is 19.5 Å². The summed E-state index contributed by atoms with van der Waals surface area (Å²) >= 11 is 0. The van der Waals surface area contributed by atoms with Crippen molar-refractivity contribution >= 4 is 23.2 Å². The summed E-state index contributed by atoms with van der Waals surface area (Å²) in [5.41, 5.74) is 4.87. The number of aromatic hydroxyl groups is 1. The number of Topliss-reactive ketones (excluding diaryl/α,β-unsaturated/α-hetero) is 2. The van der Waals surface area contributed by atoms with Crippen LogP contribution >= 0.6 is 0 Å². The molecule has 1 unspecified atom stereocenters. The van der Waals surface area contributed by atoms with Crippen molar-refractivity contribution in [1.29, 1.82) is 0 Å². The number of pyridine rings is 1. The maximum absolute atomic E-state index is 11.1. The number of nitrogens with two attached hydrogens (primary N) is 1. The molecule has 1 amide bonds. The third-order valence-corrected chi connectivity index (χ3v) is 2.47. The Morgan fingerprint density at radius 1 is 1.53 bits per heavy atom. The number of hydrogen-bond acceptors (Lipinski definition) is 6. The summed E-state index contributed by atoms with van der Waals surface area (Å²) in [5, 5.41) is 12.3. The second kappa shape index (κ2) is 3.85. The van der Waals surface area contributed by atoms with Gasteiger partial charge in [-0.3, -0.25) is 14.4 Å². The van der Waals surface area contributed by atoms with E-state index >= 15 is 0 Å². The molecule has 0 aromatic carbocycles. The van der Waals surface area contributed by atoms with Gasteiger partial charge in [-0.05, 0) is 6.07 Å². The maximum Gasteiger partial charge on any atom is 0.271 e. The van der Waals surface area contributed by atoms with Crippen LogP contribution in [0.2, 0.25) is 0 Å². The smallest absolute Gasteiger partial charge is 0.271 e. The topological polar surface area (TPSA) is 122 Å². The highest BCUT2D eigenvalue weighted by molar-refractivity contribution is 6.46. The molecular weight excluding hydrogens is 226 g/mol. The highest BCUT2D eigenvalue weighted by Crippen LogP contribution is 2.28. The summed E-state index contributed by atoms with van der Waals surface area (Å²) in [7, 11) is 0. The number of primary amides is 1. The molecule has 0 saturated heterocycles. The van der Waals surface area contributed by atoms with E-state index in [2.05, 4.69) is 10.3 Å². The van der Waals surface area contributed by atoms with Gasteiger partial charge in [0.1, 0.15) is 6.04 Å². The Labute approximate surface area is 95.6 Å². The number of rotatable bonds is 3. The number of anilines is 1. The fourth-order valence-electron chi connectivity index (χ4n) is 1.50. The molecule has 1 fully saturated rings. The molecule has 1 heterocycles. The first kappa shape index (κ1) is 11.1. The molecule has 1 aliphatic rings. The Morgan fingerprint density at radius 3 is 2.76 bits per heavy atom. The summed E-state index contributed by atoms with van der Waals surface area (Å²) in [5.74, 6) is -2.29. The summed E-state index contributed by atoms with van der Waals surface area (Å²) in [6.07, 6.45) is 1.35. The zero-order chi connectivity index (χ0) is 12.6. The molecular formula is C10H9N3O4. The minimum atomic E-state index is -0.873. The van der Waals surface area contributed by atoms with E-state index in [0.29, 0.717) is 0 Å². The number of hydrogen-bond donors (Lipinski definition) is 3. The van der Waals surface area contributed by atoms with E-state index in [1.165, 1.54) is 12.3 Å². The van der Waals surface area contributed by atoms with Crippen LogP contribution in [0.4, 0.5) is 5.69 Å². The number of nitrogens with zero attached hydrogens (tertiary/aromatic N) is 1. The number of nitrogens with one attached hydrogen (secondary N) is 1. The molecule has 7 nitrogen and oxygen atoms in total. The SMILES string of the molecule is NC(=O)c1nccc(NC2CC(=O)C2=O)c1O. The summed E-state index contributed by atoms with van der Waals surface area (Å²) in [6.45, 7) is 0. The lowest BCUT2D eigenvalue weighted by molar-refractivity contribution is -0.143. The van der Waals surface area contributed by atoms with Crippen molar-refractivity contribution in [3.63, 3.8) is 0 Å². The fraction of sp³-hybridized carbons (Fsp3) is 0.200. The molecule has 1 aliphatic carbocycles. The number of ketones is 2. The molecule has 0 spiro atoms. The highest BCUT2D eigenvalue weighted by Gasteiger charge is 2.38. The zero-order valence-corrected chi connectivity index (χ0v) is 8.64. The fourth-order valence-corrected chi connectivity index (χ4v) is 1.50. The Balaban J connectivity index is 2.22. The quantitative estimate of drug-likeness (QED) is 0.590. The molecule has 4 N–H and O–H groups in total. The van der Waals surface area contributed by atoms with Crippen molar-refractivity contribution in [2.75, 3.05) is 5.32 Å². The average molecular weight is 235 g/mol. The van der Waals surface area contributed by atoms with Crippen LogP contribution in [0.1, 0.15) is 16.9 Å². The third kappa shape index (κ3) is 1.82. The van der Waals surface area contributed by atoms with Gasteiger partial charge in [0.15, 0.2) is 11.4 Å². The summed E-state index contributed by atoms with van der Waals surface area (Å²) < 4.78 is 0. The first-order valence-corrected chi connectivity index (χ1v) is 4.82. The Bertz CT molecular complexity index is 526. The second-order valence-electron chi connectivity index (χ2n) is 3.61. The number of carbonyl (C=O) groups excluding carboxylic acids is 3. The van der Waals surface area contributed by atoms with E-state index < -0.39 is 29.3 Å². The maximum atomic E-state index is 11.1. The lowest BCUT2D eigenvalue weighted by Crippen LogP contribution is -2.47. The molecule has 0 radical (unpaired) electrons. The van der Waals surface area contributed by atoms with Crippen LogP contribution in [-0.4, -0.2) is 33.6 Å². The van der Waals surface area contributed by atoms with Crippen LogP contribution < -0.4 is 11.1 Å². The first-order valence-electron chi connectivity index (χ1n) is 4.82. The van der Waals surface area contributed by atoms with Gasteiger partial charge in [-0.2, -0.15) is 0 Å². The monoisotopic (exact) mass is 235 g/mol. The van der Waals surface area contributed by atoms with Crippen LogP contribution in [0, 0.1) is 0 Å². The minimum Gasteiger partial charge on any atom is -0.504 e. The van der Waals surface area contributed by atoms with E-state index in [-0.39, 0.29) is 17.8 Å². The van der Waals surface area contributed by atoms with E-state index in [0.717, 1.165) is 0 Å². The van der Waals surface area contributed by atoms with Crippen LogP contribution in [0.5, 0.6) is 5.75 Å². The van der Waals surface area contributed by atoms with Crippen molar-refractivity contribution in [2.45, 2.75) is 12.5 Å². The van der Waals surface area contributed by atoms with Crippen molar-refractivity contribution < 1.29 is 19.5 Å². The lowest BCUT2D eigenvalue weighted by atomic mass is 9.89. The van der Waals surface area contributed by atoms with Gasteiger partial charge in [-0.1, -0.05) is 0 Å². The largest absolute Gasteiger partial charge is 0.504 e. The summed E-state index contributed by atoms with van der Waals surface area (Å²) in [4.78, 5) is 36.4. The first-order chi connectivity index (χ1) is 8.00. The molecule has 2 rings (SSSR count). The van der Waals surface area contributed by atoms with Gasteiger partial charge in [0, 0.05) is 12.6 Å². The van der Waals surface area contributed by atoms with Gasteiger partial charge in [-0.15, -0.1) is 0 Å². The highest BCUT2D eigenvalue weighted by atomic mass is 16.3. The normalized spacial score (nSPS) is 18.7. The van der Waals surface area contributed by atoms with Gasteiger partial charge >= 0.3 is 0 Å². The Hall–Kier alpha value is -2.44. The Kier molecular flexibility index (Phi) is 2.51.